The van der Waals surface area contributed by atoms with Gasteiger partial charge in [0.1, 0.15) is 12.3 Å². The highest BCUT2D eigenvalue weighted by atomic mass is 16.5. The minimum Gasteiger partial charge on any atom is -0.496 e. The zero-order valence-corrected chi connectivity index (χ0v) is 12.6. The molecule has 1 amide bonds. The number of imidazole rings is 1. The highest BCUT2D eigenvalue weighted by Crippen LogP contribution is 2.14. The SMILES string of the molecule is COc1ccccc1/C=N/NC(=O)Cn1cnc2ccccc21. The van der Waals surface area contributed by atoms with Gasteiger partial charge in [0.05, 0.1) is 30.7 Å². The molecule has 0 radical (unpaired) electrons. The molecule has 0 atom stereocenters. The van der Waals surface area contributed by atoms with Crippen LogP contribution in [-0.4, -0.2) is 28.8 Å². The number of amides is 1. The first-order chi connectivity index (χ1) is 11.3. The fourth-order valence-corrected chi connectivity index (χ4v) is 2.27. The average Bonchev–Trinajstić information content (AvgIpc) is 2.98. The maximum Gasteiger partial charge on any atom is 0.260 e. The first kappa shape index (κ1) is 14.8. The number of ether oxygens (including phenoxy) is 1. The molecule has 0 fully saturated rings. The molecule has 116 valence electrons. The number of hydrogen-bond acceptors (Lipinski definition) is 4. The summed E-state index contributed by atoms with van der Waals surface area (Å²) < 4.78 is 7.00. The molecule has 1 aromatic heterocycles. The maximum atomic E-state index is 12.0. The van der Waals surface area contributed by atoms with Crippen molar-refractivity contribution in [2.24, 2.45) is 5.10 Å². The fraction of sp³-hybridized carbons (Fsp3) is 0.118. The second-order valence-corrected chi connectivity index (χ2v) is 4.90. The summed E-state index contributed by atoms with van der Waals surface area (Å²) in [6.45, 7) is 0.157. The molecule has 0 spiro atoms. The van der Waals surface area contributed by atoms with Crippen LogP contribution in [0.4, 0.5) is 0 Å². The Morgan fingerprint density at radius 1 is 1.26 bits per heavy atom. The molecule has 0 aliphatic heterocycles. The van der Waals surface area contributed by atoms with Gasteiger partial charge in [0.25, 0.3) is 5.91 Å². The molecule has 0 aliphatic rings. The summed E-state index contributed by atoms with van der Waals surface area (Å²) >= 11 is 0. The van der Waals surface area contributed by atoms with Gasteiger partial charge in [-0.3, -0.25) is 4.79 Å². The summed E-state index contributed by atoms with van der Waals surface area (Å²) in [7, 11) is 1.59. The van der Waals surface area contributed by atoms with E-state index >= 15 is 0 Å². The van der Waals surface area contributed by atoms with Crippen LogP contribution in [-0.2, 0) is 11.3 Å². The molecule has 0 unspecified atom stereocenters. The third-order valence-corrected chi connectivity index (χ3v) is 3.37. The van der Waals surface area contributed by atoms with E-state index in [0.29, 0.717) is 5.75 Å². The van der Waals surface area contributed by atoms with Crippen molar-refractivity contribution in [3.8, 4) is 5.75 Å². The van der Waals surface area contributed by atoms with Gasteiger partial charge in [0.15, 0.2) is 0 Å². The van der Waals surface area contributed by atoms with Crippen LogP contribution in [0.3, 0.4) is 0 Å². The number of nitrogens with one attached hydrogen (secondary N) is 1. The lowest BCUT2D eigenvalue weighted by Gasteiger charge is -2.04. The lowest BCUT2D eigenvalue weighted by Crippen LogP contribution is -2.22. The Labute approximate surface area is 133 Å². The van der Waals surface area contributed by atoms with Gasteiger partial charge in [-0.25, -0.2) is 10.4 Å². The second-order valence-electron chi connectivity index (χ2n) is 4.90. The lowest BCUT2D eigenvalue weighted by molar-refractivity contribution is -0.121. The summed E-state index contributed by atoms with van der Waals surface area (Å²) in [6, 6.07) is 15.1. The van der Waals surface area contributed by atoms with Crippen molar-refractivity contribution in [1.29, 1.82) is 0 Å². The van der Waals surface area contributed by atoms with Crippen molar-refractivity contribution >= 4 is 23.2 Å². The Balaban J connectivity index is 1.65. The van der Waals surface area contributed by atoms with Gasteiger partial charge in [0, 0.05) is 5.56 Å². The minimum atomic E-state index is -0.223. The number of methoxy groups -OCH3 is 1. The van der Waals surface area contributed by atoms with Gasteiger partial charge in [-0.15, -0.1) is 0 Å². The highest BCUT2D eigenvalue weighted by molar-refractivity contribution is 5.85. The van der Waals surface area contributed by atoms with E-state index in [-0.39, 0.29) is 12.5 Å². The molecule has 1 N–H and O–H groups in total. The predicted octanol–water partition coefficient (Wildman–Crippen LogP) is 2.20. The molecule has 2 aromatic carbocycles. The molecule has 0 aliphatic carbocycles. The Morgan fingerprint density at radius 3 is 2.91 bits per heavy atom. The number of para-hydroxylation sites is 3. The smallest absolute Gasteiger partial charge is 0.260 e. The van der Waals surface area contributed by atoms with Gasteiger partial charge in [0.2, 0.25) is 0 Å². The number of benzene rings is 2. The Bertz CT molecular complexity index is 854. The van der Waals surface area contributed by atoms with Gasteiger partial charge in [-0.2, -0.15) is 5.10 Å². The molecule has 6 nitrogen and oxygen atoms in total. The highest BCUT2D eigenvalue weighted by Gasteiger charge is 2.06. The van der Waals surface area contributed by atoms with E-state index in [9.17, 15) is 4.79 Å². The molecule has 3 aromatic rings. The third kappa shape index (κ3) is 3.37. The number of carbonyl (C=O) groups excluding carboxylic acids is 1. The largest absolute Gasteiger partial charge is 0.496 e. The summed E-state index contributed by atoms with van der Waals surface area (Å²) in [4.78, 5) is 16.2. The fourth-order valence-electron chi connectivity index (χ4n) is 2.27. The molecule has 6 heteroatoms. The second kappa shape index (κ2) is 6.74. The van der Waals surface area contributed by atoms with Gasteiger partial charge in [-0.05, 0) is 24.3 Å². The van der Waals surface area contributed by atoms with E-state index in [4.69, 9.17) is 4.74 Å². The zero-order valence-electron chi connectivity index (χ0n) is 12.6. The van der Waals surface area contributed by atoms with Gasteiger partial charge < -0.3 is 9.30 Å². The Morgan fingerprint density at radius 2 is 2.04 bits per heavy atom. The average molecular weight is 308 g/mol. The van der Waals surface area contributed by atoms with Gasteiger partial charge in [-0.1, -0.05) is 24.3 Å². The number of fused-ring (bicyclic) bond motifs is 1. The number of hydrazone groups is 1. The number of carbonyl (C=O) groups is 1. The van der Waals surface area contributed by atoms with E-state index in [1.165, 1.54) is 0 Å². The van der Waals surface area contributed by atoms with Crippen molar-refractivity contribution in [1.82, 2.24) is 15.0 Å². The topological polar surface area (TPSA) is 68.5 Å². The maximum absolute atomic E-state index is 12.0. The van der Waals surface area contributed by atoms with E-state index < -0.39 is 0 Å². The summed E-state index contributed by atoms with van der Waals surface area (Å²) in [5, 5.41) is 3.97. The first-order valence-corrected chi connectivity index (χ1v) is 7.13. The number of aromatic nitrogens is 2. The van der Waals surface area contributed by atoms with Crippen molar-refractivity contribution in [2.45, 2.75) is 6.54 Å². The summed E-state index contributed by atoms with van der Waals surface area (Å²) in [5.74, 6) is 0.477. The molecule has 0 saturated carbocycles. The number of hydrogen-bond donors (Lipinski definition) is 1. The van der Waals surface area contributed by atoms with Gasteiger partial charge >= 0.3 is 0 Å². The number of nitrogens with zero attached hydrogens (tertiary/aromatic N) is 3. The van der Waals surface area contributed by atoms with Crippen LogP contribution in [0.5, 0.6) is 5.75 Å². The molecule has 0 bridgehead atoms. The molecule has 0 saturated heterocycles. The predicted molar refractivity (Wildman–Crippen MR) is 88.5 cm³/mol. The summed E-state index contributed by atoms with van der Waals surface area (Å²) in [5.41, 5.74) is 5.08. The van der Waals surface area contributed by atoms with E-state index in [1.807, 2.05) is 48.5 Å². The van der Waals surface area contributed by atoms with Crippen LogP contribution in [0, 0.1) is 0 Å². The Kier molecular flexibility index (Phi) is 4.33. The zero-order chi connectivity index (χ0) is 16.1. The standard InChI is InChI=1S/C17H16N4O2/c1-23-16-9-5-2-6-13(16)10-19-20-17(22)11-21-12-18-14-7-3-4-8-15(14)21/h2-10,12H,11H2,1H3,(H,20,22)/b19-10+. The minimum absolute atomic E-state index is 0.157. The van der Waals surface area contributed by atoms with Crippen LogP contribution >= 0.6 is 0 Å². The van der Waals surface area contributed by atoms with Crippen LogP contribution < -0.4 is 10.2 Å². The normalized spacial score (nSPS) is 11.0. The van der Waals surface area contributed by atoms with E-state index in [2.05, 4.69) is 15.5 Å². The Hall–Kier alpha value is -3.15. The van der Waals surface area contributed by atoms with Crippen molar-refractivity contribution in [3.63, 3.8) is 0 Å². The molecular weight excluding hydrogens is 292 g/mol. The molecular formula is C17H16N4O2. The monoisotopic (exact) mass is 308 g/mol. The quantitative estimate of drug-likeness (QED) is 0.580. The van der Waals surface area contributed by atoms with Crippen molar-refractivity contribution in [3.05, 3.63) is 60.4 Å². The van der Waals surface area contributed by atoms with Crippen LogP contribution in [0.1, 0.15) is 5.56 Å². The van der Waals surface area contributed by atoms with E-state index in [1.54, 1.807) is 24.2 Å². The third-order valence-electron chi connectivity index (χ3n) is 3.37. The van der Waals surface area contributed by atoms with Crippen LogP contribution in [0.2, 0.25) is 0 Å². The lowest BCUT2D eigenvalue weighted by atomic mass is 10.2. The first-order valence-electron chi connectivity index (χ1n) is 7.13. The van der Waals surface area contributed by atoms with Crippen LogP contribution in [0.25, 0.3) is 11.0 Å². The van der Waals surface area contributed by atoms with Crippen molar-refractivity contribution in [2.75, 3.05) is 7.11 Å². The summed E-state index contributed by atoms with van der Waals surface area (Å²) in [6.07, 6.45) is 3.21. The molecule has 1 heterocycles. The number of rotatable bonds is 5. The van der Waals surface area contributed by atoms with Crippen LogP contribution in [0.15, 0.2) is 60.0 Å². The molecule has 23 heavy (non-hydrogen) atoms. The van der Waals surface area contributed by atoms with Crippen molar-refractivity contribution < 1.29 is 9.53 Å². The molecule has 3 rings (SSSR count). The van der Waals surface area contributed by atoms with E-state index in [0.717, 1.165) is 16.6 Å².